The molecule has 0 aliphatic rings. The minimum absolute atomic E-state index is 0.740. The van der Waals surface area contributed by atoms with Gasteiger partial charge in [0.1, 0.15) is 0 Å². The average molecular weight is 336 g/mol. The SMILES string of the molecule is CCCc1ccc(Cc2cc(C)nc(-c3cccc(Cl)c3)c2)cc1. The van der Waals surface area contributed by atoms with Crippen LogP contribution in [0.3, 0.4) is 0 Å². The van der Waals surface area contributed by atoms with Crippen LogP contribution in [0, 0.1) is 6.92 Å². The predicted molar refractivity (Wildman–Crippen MR) is 103 cm³/mol. The van der Waals surface area contributed by atoms with Crippen LogP contribution < -0.4 is 0 Å². The van der Waals surface area contributed by atoms with Crippen LogP contribution >= 0.6 is 11.6 Å². The molecule has 1 heterocycles. The Morgan fingerprint density at radius 2 is 1.62 bits per heavy atom. The Kier molecular flexibility index (Phi) is 5.32. The number of hydrogen-bond acceptors (Lipinski definition) is 1. The van der Waals surface area contributed by atoms with Gasteiger partial charge in [-0.05, 0) is 60.7 Å². The summed E-state index contributed by atoms with van der Waals surface area (Å²) in [4.78, 5) is 4.67. The minimum atomic E-state index is 0.740. The van der Waals surface area contributed by atoms with Gasteiger partial charge in [-0.2, -0.15) is 0 Å². The molecule has 0 saturated carbocycles. The molecule has 0 saturated heterocycles. The monoisotopic (exact) mass is 335 g/mol. The van der Waals surface area contributed by atoms with Gasteiger partial charge in [-0.25, -0.2) is 0 Å². The van der Waals surface area contributed by atoms with Crippen molar-refractivity contribution in [1.82, 2.24) is 4.98 Å². The molecule has 1 aromatic heterocycles. The number of pyridine rings is 1. The smallest absolute Gasteiger partial charge is 0.0708 e. The molecule has 0 aliphatic carbocycles. The maximum atomic E-state index is 6.12. The van der Waals surface area contributed by atoms with E-state index in [1.54, 1.807) is 0 Å². The third-order valence-electron chi connectivity index (χ3n) is 4.10. The molecule has 24 heavy (non-hydrogen) atoms. The van der Waals surface area contributed by atoms with Crippen molar-refractivity contribution in [3.8, 4) is 11.3 Å². The summed E-state index contributed by atoms with van der Waals surface area (Å²) in [7, 11) is 0. The van der Waals surface area contributed by atoms with Gasteiger partial charge in [-0.3, -0.25) is 4.98 Å². The van der Waals surface area contributed by atoms with E-state index < -0.39 is 0 Å². The van der Waals surface area contributed by atoms with Gasteiger partial charge in [0.15, 0.2) is 0 Å². The summed E-state index contributed by atoms with van der Waals surface area (Å²) < 4.78 is 0. The lowest BCUT2D eigenvalue weighted by atomic mass is 10.0. The first-order valence-electron chi connectivity index (χ1n) is 8.45. The van der Waals surface area contributed by atoms with Crippen molar-refractivity contribution in [2.24, 2.45) is 0 Å². The zero-order valence-corrected chi connectivity index (χ0v) is 15.0. The van der Waals surface area contributed by atoms with Gasteiger partial charge in [-0.1, -0.05) is 61.3 Å². The summed E-state index contributed by atoms with van der Waals surface area (Å²) in [5.41, 5.74) is 7.09. The van der Waals surface area contributed by atoms with E-state index in [4.69, 9.17) is 11.6 Å². The van der Waals surface area contributed by atoms with E-state index in [1.807, 2.05) is 25.1 Å². The molecule has 0 N–H and O–H groups in total. The van der Waals surface area contributed by atoms with E-state index in [0.717, 1.165) is 34.8 Å². The molecule has 0 unspecified atom stereocenters. The lowest BCUT2D eigenvalue weighted by Crippen LogP contribution is -1.95. The van der Waals surface area contributed by atoms with Crippen molar-refractivity contribution in [1.29, 1.82) is 0 Å². The Hall–Kier alpha value is -2.12. The first kappa shape index (κ1) is 16.7. The lowest BCUT2D eigenvalue weighted by molar-refractivity contribution is 0.920. The van der Waals surface area contributed by atoms with Crippen LogP contribution in [-0.2, 0) is 12.8 Å². The summed E-state index contributed by atoms with van der Waals surface area (Å²) >= 11 is 6.12. The Bertz CT molecular complexity index is 822. The normalized spacial score (nSPS) is 10.8. The number of nitrogens with zero attached hydrogens (tertiary/aromatic N) is 1. The van der Waals surface area contributed by atoms with E-state index in [1.165, 1.54) is 23.1 Å². The summed E-state index contributed by atoms with van der Waals surface area (Å²) in [6.07, 6.45) is 3.25. The second-order valence-corrected chi connectivity index (χ2v) is 6.69. The second kappa shape index (κ2) is 7.63. The molecule has 1 nitrogen and oxygen atoms in total. The first-order valence-corrected chi connectivity index (χ1v) is 8.83. The number of hydrogen-bond donors (Lipinski definition) is 0. The van der Waals surface area contributed by atoms with Crippen LogP contribution in [-0.4, -0.2) is 4.98 Å². The van der Waals surface area contributed by atoms with Gasteiger partial charge in [0, 0.05) is 16.3 Å². The highest BCUT2D eigenvalue weighted by atomic mass is 35.5. The molecule has 0 bridgehead atoms. The van der Waals surface area contributed by atoms with Gasteiger partial charge in [0.2, 0.25) is 0 Å². The van der Waals surface area contributed by atoms with Crippen LogP contribution in [0.1, 0.15) is 35.7 Å². The number of halogens is 1. The largest absolute Gasteiger partial charge is 0.253 e. The fourth-order valence-electron chi connectivity index (χ4n) is 2.99. The van der Waals surface area contributed by atoms with E-state index in [0.29, 0.717) is 0 Å². The highest BCUT2D eigenvalue weighted by Gasteiger charge is 2.05. The lowest BCUT2D eigenvalue weighted by Gasteiger charge is -2.09. The van der Waals surface area contributed by atoms with Gasteiger partial charge in [-0.15, -0.1) is 0 Å². The maximum absolute atomic E-state index is 6.12. The Balaban J connectivity index is 1.86. The quantitative estimate of drug-likeness (QED) is 0.536. The standard InChI is InChI=1S/C22H22ClN/c1-3-5-17-8-10-18(11-9-17)13-19-12-16(2)24-22(14-19)20-6-4-7-21(23)15-20/h4,6-12,14-15H,3,5,13H2,1-2H3. The van der Waals surface area contributed by atoms with Crippen molar-refractivity contribution in [2.45, 2.75) is 33.1 Å². The van der Waals surface area contributed by atoms with Gasteiger partial charge in [0.05, 0.1) is 5.69 Å². The highest BCUT2D eigenvalue weighted by Crippen LogP contribution is 2.23. The van der Waals surface area contributed by atoms with Gasteiger partial charge < -0.3 is 0 Å². The Morgan fingerprint density at radius 3 is 2.33 bits per heavy atom. The van der Waals surface area contributed by atoms with E-state index in [2.05, 4.69) is 54.4 Å². The van der Waals surface area contributed by atoms with Gasteiger partial charge >= 0.3 is 0 Å². The van der Waals surface area contributed by atoms with Crippen molar-refractivity contribution >= 4 is 11.6 Å². The zero-order chi connectivity index (χ0) is 16.9. The fraction of sp³-hybridized carbons (Fsp3) is 0.227. The average Bonchev–Trinajstić information content (AvgIpc) is 2.56. The van der Waals surface area contributed by atoms with Crippen LogP contribution in [0.2, 0.25) is 5.02 Å². The molecular formula is C22H22ClN. The van der Waals surface area contributed by atoms with Crippen LogP contribution in [0.5, 0.6) is 0 Å². The van der Waals surface area contributed by atoms with E-state index >= 15 is 0 Å². The molecule has 2 heteroatoms. The first-order chi connectivity index (χ1) is 11.6. The number of rotatable bonds is 5. The topological polar surface area (TPSA) is 12.9 Å². The second-order valence-electron chi connectivity index (χ2n) is 6.26. The molecule has 2 aromatic carbocycles. The Morgan fingerprint density at radius 1 is 0.875 bits per heavy atom. The van der Waals surface area contributed by atoms with E-state index in [9.17, 15) is 0 Å². The molecule has 0 atom stereocenters. The highest BCUT2D eigenvalue weighted by molar-refractivity contribution is 6.30. The summed E-state index contributed by atoms with van der Waals surface area (Å²) in [5.74, 6) is 0. The minimum Gasteiger partial charge on any atom is -0.253 e. The van der Waals surface area contributed by atoms with Crippen LogP contribution in [0.4, 0.5) is 0 Å². The number of aryl methyl sites for hydroxylation is 2. The molecule has 122 valence electrons. The summed E-state index contributed by atoms with van der Waals surface area (Å²) in [6.45, 7) is 4.26. The molecule has 3 aromatic rings. The zero-order valence-electron chi connectivity index (χ0n) is 14.2. The number of benzene rings is 2. The predicted octanol–water partition coefficient (Wildman–Crippen LogP) is 6.25. The van der Waals surface area contributed by atoms with Crippen molar-refractivity contribution in [3.63, 3.8) is 0 Å². The third-order valence-corrected chi connectivity index (χ3v) is 4.34. The molecule has 3 rings (SSSR count). The number of aromatic nitrogens is 1. The van der Waals surface area contributed by atoms with Gasteiger partial charge in [0.25, 0.3) is 0 Å². The van der Waals surface area contributed by atoms with Crippen LogP contribution in [0.15, 0.2) is 60.7 Å². The maximum Gasteiger partial charge on any atom is 0.0708 e. The third kappa shape index (κ3) is 4.24. The van der Waals surface area contributed by atoms with Crippen molar-refractivity contribution in [3.05, 3.63) is 88.1 Å². The van der Waals surface area contributed by atoms with Crippen molar-refractivity contribution in [2.75, 3.05) is 0 Å². The molecule has 0 aliphatic heterocycles. The van der Waals surface area contributed by atoms with Crippen LogP contribution in [0.25, 0.3) is 11.3 Å². The van der Waals surface area contributed by atoms with E-state index in [-0.39, 0.29) is 0 Å². The summed E-state index contributed by atoms with van der Waals surface area (Å²) in [6, 6.07) is 21.2. The molecule has 0 radical (unpaired) electrons. The molecular weight excluding hydrogens is 314 g/mol. The fourth-order valence-corrected chi connectivity index (χ4v) is 3.18. The summed E-state index contributed by atoms with van der Waals surface area (Å²) in [5, 5.41) is 0.740. The van der Waals surface area contributed by atoms with Crippen molar-refractivity contribution < 1.29 is 0 Å². The molecule has 0 amide bonds. The molecule has 0 fully saturated rings. The molecule has 0 spiro atoms. The Labute approximate surface area is 149 Å².